The van der Waals surface area contributed by atoms with Gasteiger partial charge in [-0.15, -0.1) is 3.89 Å². The number of rotatable bonds is 2. The molecule has 0 N–H and O–H groups in total. The maximum absolute atomic E-state index is 12.9. The van der Waals surface area contributed by atoms with E-state index in [4.69, 9.17) is 0 Å². The molecule has 9 heteroatoms. The summed E-state index contributed by atoms with van der Waals surface area (Å²) in [5.74, 6) is -2.83. The normalized spacial score (nSPS) is 19.6. The lowest BCUT2D eigenvalue weighted by Gasteiger charge is -2.15. The molecule has 0 aromatic carbocycles. The van der Waals surface area contributed by atoms with Crippen molar-refractivity contribution >= 4 is 16.2 Å². The Labute approximate surface area is 95.5 Å². The van der Waals surface area contributed by atoms with Crippen molar-refractivity contribution in [3.8, 4) is 0 Å². The zero-order valence-electron chi connectivity index (χ0n) is 8.48. The zero-order valence-corrected chi connectivity index (χ0v) is 9.29. The number of hydrogen-bond acceptors (Lipinski definition) is 5. The lowest BCUT2D eigenvalue weighted by molar-refractivity contribution is 0.0256. The second kappa shape index (κ2) is 3.83. The Hall–Kier alpha value is -1.38. The molecule has 1 aromatic rings. The summed E-state index contributed by atoms with van der Waals surface area (Å²) in [4.78, 5) is 7.64. The summed E-state index contributed by atoms with van der Waals surface area (Å²) in [6.07, 6.45) is 1.21. The van der Waals surface area contributed by atoms with Crippen molar-refractivity contribution < 1.29 is 21.1 Å². The molecule has 94 valence electrons. The Balaban J connectivity index is 2.20. The van der Waals surface area contributed by atoms with Crippen LogP contribution in [-0.2, 0) is 10.2 Å². The first kappa shape index (κ1) is 12.1. The molecule has 0 radical (unpaired) electrons. The number of nitrogens with zero attached hydrogens (tertiary/aromatic N) is 3. The van der Waals surface area contributed by atoms with Gasteiger partial charge in [0.05, 0.1) is 18.9 Å². The molecular formula is C8H8F3N3O2S. The maximum Gasteiger partial charge on any atom is 0.335 e. The summed E-state index contributed by atoms with van der Waals surface area (Å²) in [7, 11) is -4.86. The fourth-order valence-electron chi connectivity index (χ4n) is 1.51. The van der Waals surface area contributed by atoms with Crippen molar-refractivity contribution in [3.05, 3.63) is 12.4 Å². The van der Waals surface area contributed by atoms with Crippen molar-refractivity contribution in [2.24, 2.45) is 0 Å². The summed E-state index contributed by atoms with van der Waals surface area (Å²) in [5, 5.41) is 0. The average molecular weight is 267 g/mol. The van der Waals surface area contributed by atoms with Crippen LogP contribution in [0.5, 0.6) is 0 Å². The second-order valence-corrected chi connectivity index (χ2v) is 5.03. The number of aromatic nitrogens is 2. The maximum atomic E-state index is 12.9. The molecule has 0 aliphatic carbocycles. The topological polar surface area (TPSA) is 63.2 Å². The lowest BCUT2D eigenvalue weighted by Crippen LogP contribution is -2.26. The third-order valence-electron chi connectivity index (χ3n) is 2.35. The monoisotopic (exact) mass is 267 g/mol. The highest BCUT2D eigenvalue weighted by molar-refractivity contribution is 7.86. The van der Waals surface area contributed by atoms with E-state index in [0.29, 0.717) is 0 Å². The van der Waals surface area contributed by atoms with Crippen LogP contribution in [-0.4, -0.2) is 37.4 Å². The SMILES string of the molecule is O=S(=O)(F)c1cnc(N2CCC(F)(F)C2)nc1. The first-order valence-electron chi connectivity index (χ1n) is 4.67. The van der Waals surface area contributed by atoms with Gasteiger partial charge in [-0.1, -0.05) is 0 Å². The summed E-state index contributed by atoms with van der Waals surface area (Å²) in [6.45, 7) is -0.441. The summed E-state index contributed by atoms with van der Waals surface area (Å²) < 4.78 is 59.3. The van der Waals surface area contributed by atoms with E-state index < -0.39 is 27.6 Å². The van der Waals surface area contributed by atoms with Crippen molar-refractivity contribution in [1.29, 1.82) is 0 Å². The Morgan fingerprint density at radius 3 is 2.29 bits per heavy atom. The van der Waals surface area contributed by atoms with Crippen molar-refractivity contribution in [1.82, 2.24) is 9.97 Å². The van der Waals surface area contributed by atoms with Crippen molar-refractivity contribution in [3.63, 3.8) is 0 Å². The van der Waals surface area contributed by atoms with E-state index in [9.17, 15) is 21.1 Å². The molecule has 0 amide bonds. The van der Waals surface area contributed by atoms with E-state index in [1.165, 1.54) is 4.90 Å². The Morgan fingerprint density at radius 1 is 1.29 bits per heavy atom. The van der Waals surface area contributed by atoms with Crippen LogP contribution < -0.4 is 4.90 Å². The third kappa shape index (κ3) is 2.65. The Morgan fingerprint density at radius 2 is 1.88 bits per heavy atom. The van der Waals surface area contributed by atoms with Gasteiger partial charge in [0, 0.05) is 13.0 Å². The van der Waals surface area contributed by atoms with Crippen LogP contribution in [0.1, 0.15) is 6.42 Å². The van der Waals surface area contributed by atoms with Crippen LogP contribution in [0.4, 0.5) is 18.6 Å². The first-order valence-corrected chi connectivity index (χ1v) is 6.06. The molecule has 1 aliphatic heterocycles. The van der Waals surface area contributed by atoms with Gasteiger partial charge in [-0.3, -0.25) is 0 Å². The minimum Gasteiger partial charge on any atom is -0.335 e. The van der Waals surface area contributed by atoms with Crippen LogP contribution >= 0.6 is 0 Å². The van der Waals surface area contributed by atoms with Crippen LogP contribution in [0.3, 0.4) is 0 Å². The highest BCUT2D eigenvalue weighted by Gasteiger charge is 2.39. The standard InChI is InChI=1S/C8H8F3N3O2S/c9-8(10)1-2-14(5-8)7-12-3-6(4-13-7)17(11,15)16/h3-4H,1-2,5H2. The van der Waals surface area contributed by atoms with E-state index in [1.807, 2.05) is 0 Å². The number of alkyl halides is 2. The predicted molar refractivity (Wildman–Crippen MR) is 52.1 cm³/mol. The van der Waals surface area contributed by atoms with Gasteiger partial charge in [0.2, 0.25) is 5.95 Å². The molecule has 17 heavy (non-hydrogen) atoms. The fourth-order valence-corrected chi connectivity index (χ4v) is 1.86. The molecule has 1 aliphatic rings. The molecule has 2 heterocycles. The molecule has 0 spiro atoms. The van der Waals surface area contributed by atoms with Gasteiger partial charge in [0.1, 0.15) is 4.90 Å². The van der Waals surface area contributed by atoms with Gasteiger partial charge in [0.15, 0.2) is 0 Å². The lowest BCUT2D eigenvalue weighted by atomic mass is 10.3. The molecule has 2 rings (SSSR count). The van der Waals surface area contributed by atoms with E-state index in [1.54, 1.807) is 0 Å². The summed E-state index contributed by atoms with van der Waals surface area (Å²) in [6, 6.07) is 0. The van der Waals surface area contributed by atoms with E-state index in [-0.39, 0.29) is 18.9 Å². The molecule has 0 unspecified atom stereocenters. The molecular weight excluding hydrogens is 259 g/mol. The molecule has 0 bridgehead atoms. The van der Waals surface area contributed by atoms with Crippen molar-refractivity contribution in [2.45, 2.75) is 17.2 Å². The highest BCUT2D eigenvalue weighted by atomic mass is 32.3. The van der Waals surface area contributed by atoms with E-state index >= 15 is 0 Å². The van der Waals surface area contributed by atoms with Crippen molar-refractivity contribution in [2.75, 3.05) is 18.0 Å². The van der Waals surface area contributed by atoms with E-state index in [0.717, 1.165) is 12.4 Å². The molecule has 1 fully saturated rings. The van der Waals surface area contributed by atoms with Gasteiger partial charge < -0.3 is 4.90 Å². The van der Waals surface area contributed by atoms with Gasteiger partial charge in [-0.05, 0) is 0 Å². The minimum absolute atomic E-state index is 0.0328. The van der Waals surface area contributed by atoms with E-state index in [2.05, 4.69) is 9.97 Å². The van der Waals surface area contributed by atoms with Crippen LogP contribution in [0.2, 0.25) is 0 Å². The molecule has 5 nitrogen and oxygen atoms in total. The van der Waals surface area contributed by atoms with Gasteiger partial charge in [-0.2, -0.15) is 8.42 Å². The zero-order chi connectivity index (χ0) is 12.7. The van der Waals surface area contributed by atoms with Crippen LogP contribution in [0.15, 0.2) is 17.3 Å². The number of hydrogen-bond donors (Lipinski definition) is 0. The number of anilines is 1. The molecule has 0 atom stereocenters. The largest absolute Gasteiger partial charge is 0.335 e. The highest BCUT2D eigenvalue weighted by Crippen LogP contribution is 2.29. The fraction of sp³-hybridized carbons (Fsp3) is 0.500. The molecule has 0 saturated carbocycles. The second-order valence-electron chi connectivity index (χ2n) is 3.68. The molecule has 1 saturated heterocycles. The minimum atomic E-state index is -4.86. The number of halogens is 3. The summed E-state index contributed by atoms with van der Waals surface area (Å²) in [5.41, 5.74) is 0. The smallest absolute Gasteiger partial charge is 0.335 e. The summed E-state index contributed by atoms with van der Waals surface area (Å²) >= 11 is 0. The quantitative estimate of drug-likeness (QED) is 0.747. The predicted octanol–water partition coefficient (Wildman–Crippen LogP) is 0.980. The van der Waals surface area contributed by atoms with Gasteiger partial charge in [0.25, 0.3) is 5.92 Å². The van der Waals surface area contributed by atoms with Crippen LogP contribution in [0, 0.1) is 0 Å². The van der Waals surface area contributed by atoms with Gasteiger partial charge in [-0.25, -0.2) is 18.7 Å². The van der Waals surface area contributed by atoms with Crippen LogP contribution in [0.25, 0.3) is 0 Å². The first-order chi connectivity index (χ1) is 7.78. The Kier molecular flexibility index (Phi) is 2.72. The third-order valence-corrected chi connectivity index (χ3v) is 3.12. The molecule has 1 aromatic heterocycles. The average Bonchev–Trinajstić information content (AvgIpc) is 2.58. The Bertz CT molecular complexity index is 517. The van der Waals surface area contributed by atoms with Gasteiger partial charge >= 0.3 is 10.2 Å².